The van der Waals surface area contributed by atoms with Crippen LogP contribution in [0, 0.1) is 6.92 Å². The minimum atomic E-state index is -0.714. The Labute approximate surface area is 168 Å². The Morgan fingerprint density at radius 2 is 1.93 bits per heavy atom. The van der Waals surface area contributed by atoms with E-state index in [0.29, 0.717) is 48.4 Å². The van der Waals surface area contributed by atoms with Crippen LogP contribution in [0.5, 0.6) is 5.75 Å². The molecule has 1 fully saturated rings. The average Bonchev–Trinajstić information content (AvgIpc) is 3.09. The van der Waals surface area contributed by atoms with Crippen molar-refractivity contribution in [3.63, 3.8) is 0 Å². The van der Waals surface area contributed by atoms with Gasteiger partial charge in [-0.25, -0.2) is 9.78 Å². The first-order valence-corrected chi connectivity index (χ1v) is 10.00. The van der Waals surface area contributed by atoms with Crippen molar-refractivity contribution in [2.24, 2.45) is 0 Å². The van der Waals surface area contributed by atoms with Crippen molar-refractivity contribution < 1.29 is 23.8 Å². The van der Waals surface area contributed by atoms with Crippen LogP contribution >= 0.6 is 11.3 Å². The van der Waals surface area contributed by atoms with Crippen LogP contribution in [0.3, 0.4) is 0 Å². The third-order valence-electron chi connectivity index (χ3n) is 4.90. The van der Waals surface area contributed by atoms with Gasteiger partial charge in [0.2, 0.25) is 5.91 Å². The van der Waals surface area contributed by atoms with Gasteiger partial charge in [-0.05, 0) is 44.4 Å². The van der Waals surface area contributed by atoms with Crippen LogP contribution in [-0.2, 0) is 19.7 Å². The molecule has 8 heteroatoms. The van der Waals surface area contributed by atoms with Crippen molar-refractivity contribution in [2.75, 3.05) is 32.2 Å². The molecule has 1 aliphatic rings. The van der Waals surface area contributed by atoms with E-state index in [2.05, 4.69) is 10.3 Å². The van der Waals surface area contributed by atoms with E-state index >= 15 is 0 Å². The molecule has 0 bridgehead atoms. The highest BCUT2D eigenvalue weighted by Gasteiger charge is 2.42. The number of carbonyl (C=O) groups is 2. The highest BCUT2D eigenvalue weighted by atomic mass is 32.1. The number of nitrogens with one attached hydrogen (secondary N) is 1. The Morgan fingerprint density at radius 1 is 1.25 bits per heavy atom. The lowest BCUT2D eigenvalue weighted by Gasteiger charge is -2.36. The number of thiazole rings is 1. The highest BCUT2D eigenvalue weighted by Crippen LogP contribution is 2.37. The van der Waals surface area contributed by atoms with E-state index in [1.807, 2.05) is 24.3 Å². The minimum Gasteiger partial charge on any atom is -0.497 e. The monoisotopic (exact) mass is 404 g/mol. The summed E-state index contributed by atoms with van der Waals surface area (Å²) in [5.41, 5.74) is 0.742. The molecule has 0 atom stereocenters. The second kappa shape index (κ2) is 8.70. The smallest absolute Gasteiger partial charge is 0.350 e. The number of carbonyl (C=O) groups excluding carboxylic acids is 2. The van der Waals surface area contributed by atoms with Crippen LogP contribution in [0.15, 0.2) is 24.3 Å². The number of amides is 1. The number of esters is 1. The maximum absolute atomic E-state index is 13.3. The van der Waals surface area contributed by atoms with Crippen molar-refractivity contribution in [1.82, 2.24) is 4.98 Å². The van der Waals surface area contributed by atoms with Crippen molar-refractivity contribution in [3.05, 3.63) is 40.4 Å². The molecule has 0 aliphatic carbocycles. The zero-order valence-corrected chi connectivity index (χ0v) is 17.1. The second-order valence-electron chi connectivity index (χ2n) is 6.53. The summed E-state index contributed by atoms with van der Waals surface area (Å²) in [6.07, 6.45) is 1.14. The van der Waals surface area contributed by atoms with Gasteiger partial charge in [0.15, 0.2) is 5.13 Å². The summed E-state index contributed by atoms with van der Waals surface area (Å²) in [5.74, 6) is 0.167. The Morgan fingerprint density at radius 3 is 2.54 bits per heavy atom. The zero-order chi connectivity index (χ0) is 20.1. The summed E-state index contributed by atoms with van der Waals surface area (Å²) < 4.78 is 15.8. The van der Waals surface area contributed by atoms with Crippen molar-refractivity contribution >= 4 is 28.3 Å². The minimum absolute atomic E-state index is 0.148. The Hall–Kier alpha value is -2.45. The molecule has 1 saturated heterocycles. The van der Waals surface area contributed by atoms with Crippen LogP contribution in [0.2, 0.25) is 0 Å². The van der Waals surface area contributed by atoms with Gasteiger partial charge in [0.05, 0.1) is 24.8 Å². The fraction of sp³-hybridized carbons (Fsp3) is 0.450. The molecule has 0 unspecified atom stereocenters. The number of hydrogen-bond donors (Lipinski definition) is 1. The molecule has 28 heavy (non-hydrogen) atoms. The Balaban J connectivity index is 1.86. The predicted octanol–water partition coefficient (Wildman–Crippen LogP) is 3.32. The van der Waals surface area contributed by atoms with Crippen LogP contribution in [-0.4, -0.2) is 43.8 Å². The molecule has 3 rings (SSSR count). The van der Waals surface area contributed by atoms with Gasteiger partial charge in [0.1, 0.15) is 10.6 Å². The first kappa shape index (κ1) is 20.3. The molecule has 1 N–H and O–H groups in total. The molecule has 1 aromatic carbocycles. The number of aryl methyl sites for hydroxylation is 1. The fourth-order valence-electron chi connectivity index (χ4n) is 3.33. The molecule has 1 aliphatic heterocycles. The van der Waals surface area contributed by atoms with Crippen LogP contribution < -0.4 is 10.1 Å². The number of methoxy groups -OCH3 is 1. The number of benzene rings is 1. The number of aromatic nitrogens is 1. The number of anilines is 1. The van der Waals surface area contributed by atoms with Crippen LogP contribution in [0.25, 0.3) is 0 Å². The van der Waals surface area contributed by atoms with Gasteiger partial charge in [-0.2, -0.15) is 0 Å². The summed E-state index contributed by atoms with van der Waals surface area (Å²) in [6, 6.07) is 7.54. The molecule has 150 valence electrons. The number of hydrogen-bond acceptors (Lipinski definition) is 7. The maximum Gasteiger partial charge on any atom is 0.350 e. The molecule has 1 aromatic heterocycles. The fourth-order valence-corrected chi connectivity index (χ4v) is 4.18. The largest absolute Gasteiger partial charge is 0.497 e. The average molecular weight is 404 g/mol. The van der Waals surface area contributed by atoms with Gasteiger partial charge in [-0.3, -0.25) is 4.79 Å². The summed E-state index contributed by atoms with van der Waals surface area (Å²) in [7, 11) is 1.61. The van der Waals surface area contributed by atoms with Gasteiger partial charge < -0.3 is 19.5 Å². The topological polar surface area (TPSA) is 86.8 Å². The lowest BCUT2D eigenvalue weighted by Crippen LogP contribution is -2.44. The van der Waals surface area contributed by atoms with Gasteiger partial charge in [0, 0.05) is 13.2 Å². The Bertz CT molecular complexity index is 841. The summed E-state index contributed by atoms with van der Waals surface area (Å²) >= 11 is 1.13. The lowest BCUT2D eigenvalue weighted by atomic mass is 9.73. The molecule has 0 radical (unpaired) electrons. The number of rotatable bonds is 6. The quantitative estimate of drug-likeness (QED) is 0.743. The molecule has 1 amide bonds. The highest BCUT2D eigenvalue weighted by molar-refractivity contribution is 7.17. The molecule has 0 spiro atoms. The normalized spacial score (nSPS) is 15.7. The van der Waals surface area contributed by atoms with E-state index in [0.717, 1.165) is 22.6 Å². The molecular weight excluding hydrogens is 380 g/mol. The summed E-state index contributed by atoms with van der Waals surface area (Å²) in [6.45, 7) is 4.78. The van der Waals surface area contributed by atoms with Crippen LogP contribution in [0.1, 0.15) is 40.7 Å². The molecule has 0 saturated carbocycles. The lowest BCUT2D eigenvalue weighted by molar-refractivity contribution is -0.125. The van der Waals surface area contributed by atoms with Crippen molar-refractivity contribution in [2.45, 2.75) is 32.1 Å². The molecule has 2 heterocycles. The van der Waals surface area contributed by atoms with E-state index in [1.54, 1.807) is 21.0 Å². The van der Waals surface area contributed by atoms with E-state index in [4.69, 9.17) is 14.2 Å². The molecule has 2 aromatic rings. The summed E-state index contributed by atoms with van der Waals surface area (Å²) in [5, 5.41) is 3.31. The van der Waals surface area contributed by atoms with E-state index < -0.39 is 11.4 Å². The molecule has 7 nitrogen and oxygen atoms in total. The van der Waals surface area contributed by atoms with Gasteiger partial charge in [0.25, 0.3) is 0 Å². The third kappa shape index (κ3) is 4.02. The van der Waals surface area contributed by atoms with E-state index in [-0.39, 0.29) is 5.91 Å². The van der Waals surface area contributed by atoms with Gasteiger partial charge >= 0.3 is 5.97 Å². The zero-order valence-electron chi connectivity index (χ0n) is 16.2. The number of ether oxygens (including phenoxy) is 3. The first-order valence-electron chi connectivity index (χ1n) is 9.18. The predicted molar refractivity (Wildman–Crippen MR) is 106 cm³/mol. The standard InChI is InChI=1S/C20H24N2O5S/c1-4-27-17(23)16-13(2)21-19(28-16)22-18(24)20(9-11-26-12-10-20)14-5-7-15(25-3)8-6-14/h5-8H,4,9-12H2,1-3H3,(H,21,22,24). The van der Waals surface area contributed by atoms with Crippen molar-refractivity contribution in [3.8, 4) is 5.75 Å². The Kier molecular flexibility index (Phi) is 6.31. The summed E-state index contributed by atoms with van der Waals surface area (Å²) in [4.78, 5) is 30.1. The molecular formula is C20H24N2O5S. The van der Waals surface area contributed by atoms with E-state index in [1.165, 1.54) is 0 Å². The van der Waals surface area contributed by atoms with Crippen LogP contribution in [0.4, 0.5) is 5.13 Å². The third-order valence-corrected chi connectivity index (χ3v) is 5.95. The second-order valence-corrected chi connectivity index (χ2v) is 7.53. The maximum atomic E-state index is 13.3. The SMILES string of the molecule is CCOC(=O)c1sc(NC(=O)C2(c3ccc(OC)cc3)CCOCC2)nc1C. The van der Waals surface area contributed by atoms with Gasteiger partial charge in [-0.1, -0.05) is 23.5 Å². The van der Waals surface area contributed by atoms with Crippen molar-refractivity contribution in [1.29, 1.82) is 0 Å². The first-order chi connectivity index (χ1) is 13.5. The number of nitrogens with zero attached hydrogens (tertiary/aromatic N) is 1. The van der Waals surface area contributed by atoms with E-state index in [9.17, 15) is 9.59 Å². The van der Waals surface area contributed by atoms with Gasteiger partial charge in [-0.15, -0.1) is 0 Å².